The molecule has 0 atom stereocenters. The first-order valence-electron chi connectivity index (χ1n) is 8.67. The third-order valence-electron chi connectivity index (χ3n) is 3.67. The molecule has 0 saturated heterocycles. The van der Waals surface area contributed by atoms with Gasteiger partial charge < -0.3 is 5.11 Å². The summed E-state index contributed by atoms with van der Waals surface area (Å²) in [6, 6.07) is 0. The normalized spacial score (nSPS) is 11.5. The Morgan fingerprint density at radius 3 is 1.47 bits per heavy atom. The fourth-order valence-electron chi connectivity index (χ4n) is 2.36. The maximum absolute atomic E-state index is 8.66. The maximum Gasteiger partial charge on any atom is 0.0431 e. The molecule has 0 radical (unpaired) electrons. The first-order valence-corrected chi connectivity index (χ1v) is 8.67. The van der Waals surface area contributed by atoms with Gasteiger partial charge in [-0.3, -0.25) is 0 Å². The minimum Gasteiger partial charge on any atom is -0.396 e. The number of unbranched alkanes of at least 4 members (excludes halogenated alkanes) is 12. The van der Waals surface area contributed by atoms with Crippen molar-refractivity contribution in [3.05, 3.63) is 12.2 Å². The molecule has 0 saturated carbocycles. The van der Waals surface area contributed by atoms with Crippen LogP contribution in [0, 0.1) is 0 Å². The zero-order chi connectivity index (χ0) is 14.0. The second kappa shape index (κ2) is 17.7. The quantitative estimate of drug-likeness (QED) is 0.284. The molecule has 0 spiro atoms. The minimum absolute atomic E-state index is 0.366. The summed E-state index contributed by atoms with van der Waals surface area (Å²) in [4.78, 5) is 0. The molecule has 1 nitrogen and oxygen atoms in total. The third-order valence-corrected chi connectivity index (χ3v) is 3.67. The van der Waals surface area contributed by atoms with Crippen LogP contribution in [0.4, 0.5) is 0 Å². The Bertz CT molecular complexity index is 175. The predicted octanol–water partition coefficient (Wildman–Crippen LogP) is 6.02. The highest BCUT2D eigenvalue weighted by atomic mass is 16.2. The molecule has 0 amide bonds. The lowest BCUT2D eigenvalue weighted by Crippen LogP contribution is -1.84. The second-order valence-electron chi connectivity index (χ2n) is 5.66. The molecule has 0 aliphatic carbocycles. The van der Waals surface area contributed by atoms with E-state index in [0.717, 1.165) is 6.42 Å². The van der Waals surface area contributed by atoms with E-state index in [9.17, 15) is 0 Å². The zero-order valence-corrected chi connectivity index (χ0v) is 13.2. The molecule has 0 aliphatic heterocycles. The zero-order valence-electron chi connectivity index (χ0n) is 13.2. The lowest BCUT2D eigenvalue weighted by molar-refractivity contribution is 0.282. The molecule has 114 valence electrons. The highest BCUT2D eigenvalue weighted by Crippen LogP contribution is 2.10. The van der Waals surface area contributed by atoms with Crippen molar-refractivity contribution in [2.24, 2.45) is 0 Å². The first-order chi connectivity index (χ1) is 9.41. The van der Waals surface area contributed by atoms with E-state index in [1.165, 1.54) is 83.5 Å². The van der Waals surface area contributed by atoms with Crippen molar-refractivity contribution in [1.29, 1.82) is 0 Å². The molecule has 1 N–H and O–H groups in total. The Morgan fingerprint density at radius 1 is 0.579 bits per heavy atom. The smallest absolute Gasteiger partial charge is 0.0431 e. The van der Waals surface area contributed by atoms with Crippen LogP contribution >= 0.6 is 0 Å². The number of aliphatic hydroxyl groups is 1. The van der Waals surface area contributed by atoms with Gasteiger partial charge in [0.2, 0.25) is 0 Å². The van der Waals surface area contributed by atoms with Gasteiger partial charge in [0.05, 0.1) is 0 Å². The van der Waals surface area contributed by atoms with Gasteiger partial charge in [0.1, 0.15) is 0 Å². The van der Waals surface area contributed by atoms with Crippen LogP contribution in [0.5, 0.6) is 0 Å². The lowest BCUT2D eigenvalue weighted by Gasteiger charge is -2.00. The van der Waals surface area contributed by atoms with Gasteiger partial charge in [-0.15, -0.1) is 0 Å². The first kappa shape index (κ1) is 18.7. The van der Waals surface area contributed by atoms with Crippen LogP contribution in [0.1, 0.15) is 96.8 Å². The van der Waals surface area contributed by atoms with Crippen molar-refractivity contribution in [2.75, 3.05) is 6.61 Å². The third kappa shape index (κ3) is 17.7. The number of rotatable bonds is 15. The fourth-order valence-corrected chi connectivity index (χ4v) is 2.36. The van der Waals surface area contributed by atoms with Gasteiger partial charge in [-0.1, -0.05) is 76.9 Å². The van der Waals surface area contributed by atoms with Crippen molar-refractivity contribution in [3.63, 3.8) is 0 Å². The molecule has 0 rings (SSSR count). The Hall–Kier alpha value is -0.300. The highest BCUT2D eigenvalue weighted by molar-refractivity contribution is 4.81. The lowest BCUT2D eigenvalue weighted by atomic mass is 10.1. The van der Waals surface area contributed by atoms with Crippen molar-refractivity contribution in [3.8, 4) is 0 Å². The summed E-state index contributed by atoms with van der Waals surface area (Å²) in [5.41, 5.74) is 0. The molecule has 19 heavy (non-hydrogen) atoms. The summed E-state index contributed by atoms with van der Waals surface area (Å²) in [6.07, 6.45) is 23.2. The summed E-state index contributed by atoms with van der Waals surface area (Å²) in [5, 5.41) is 8.66. The van der Waals surface area contributed by atoms with Crippen LogP contribution in [0.2, 0.25) is 0 Å². The van der Waals surface area contributed by atoms with E-state index in [-0.39, 0.29) is 0 Å². The summed E-state index contributed by atoms with van der Waals surface area (Å²) < 4.78 is 0. The number of hydrogen-bond donors (Lipinski definition) is 1. The Morgan fingerprint density at radius 2 is 1.00 bits per heavy atom. The monoisotopic (exact) mass is 268 g/mol. The number of allylic oxidation sites excluding steroid dienone is 2. The average Bonchev–Trinajstić information content (AvgIpc) is 2.43. The van der Waals surface area contributed by atoms with Crippen LogP contribution in [0.25, 0.3) is 0 Å². The van der Waals surface area contributed by atoms with Crippen LogP contribution < -0.4 is 0 Å². The molecule has 1 heteroatoms. The van der Waals surface area contributed by atoms with Gasteiger partial charge in [-0.2, -0.15) is 0 Å². The van der Waals surface area contributed by atoms with Crippen molar-refractivity contribution >= 4 is 0 Å². The molecular weight excluding hydrogens is 232 g/mol. The molecular formula is C18H36O. The SMILES string of the molecule is CCCCCC/C=C\CCCCCCCCCCO. The van der Waals surface area contributed by atoms with E-state index in [1.807, 2.05) is 0 Å². The molecule has 0 heterocycles. The second-order valence-corrected chi connectivity index (χ2v) is 5.66. The van der Waals surface area contributed by atoms with Crippen molar-refractivity contribution in [1.82, 2.24) is 0 Å². The molecule has 0 aliphatic rings. The average molecular weight is 268 g/mol. The molecule has 0 unspecified atom stereocenters. The van der Waals surface area contributed by atoms with E-state index >= 15 is 0 Å². The van der Waals surface area contributed by atoms with Crippen LogP contribution in [0.3, 0.4) is 0 Å². The molecule has 0 aromatic heterocycles. The maximum atomic E-state index is 8.66. The predicted molar refractivity (Wildman–Crippen MR) is 86.5 cm³/mol. The minimum atomic E-state index is 0.366. The molecule has 0 fully saturated rings. The van der Waals surface area contributed by atoms with Gasteiger partial charge in [0, 0.05) is 6.61 Å². The van der Waals surface area contributed by atoms with Gasteiger partial charge >= 0.3 is 0 Å². The number of aliphatic hydroxyl groups excluding tert-OH is 1. The standard InChI is InChI=1S/C18H36O/c1-2-3-4-5-6-7-8-9-10-11-12-13-14-15-16-17-18-19/h7-8,19H,2-6,9-18H2,1H3/b8-7-. The Balaban J connectivity index is 2.99. The van der Waals surface area contributed by atoms with Crippen molar-refractivity contribution < 1.29 is 5.11 Å². The summed E-state index contributed by atoms with van der Waals surface area (Å²) in [5.74, 6) is 0. The molecule has 0 aromatic carbocycles. The van der Waals surface area contributed by atoms with E-state index in [4.69, 9.17) is 5.11 Å². The van der Waals surface area contributed by atoms with Gasteiger partial charge in [-0.25, -0.2) is 0 Å². The van der Waals surface area contributed by atoms with Crippen LogP contribution in [-0.2, 0) is 0 Å². The molecule has 0 bridgehead atoms. The van der Waals surface area contributed by atoms with Crippen LogP contribution in [-0.4, -0.2) is 11.7 Å². The molecule has 0 aromatic rings. The van der Waals surface area contributed by atoms with Crippen LogP contribution in [0.15, 0.2) is 12.2 Å². The van der Waals surface area contributed by atoms with E-state index < -0.39 is 0 Å². The summed E-state index contributed by atoms with van der Waals surface area (Å²) in [7, 11) is 0. The van der Waals surface area contributed by atoms with Gasteiger partial charge in [0.25, 0.3) is 0 Å². The topological polar surface area (TPSA) is 20.2 Å². The largest absolute Gasteiger partial charge is 0.396 e. The van der Waals surface area contributed by atoms with E-state index in [2.05, 4.69) is 19.1 Å². The van der Waals surface area contributed by atoms with Gasteiger partial charge in [0.15, 0.2) is 0 Å². The number of hydrogen-bond acceptors (Lipinski definition) is 1. The van der Waals surface area contributed by atoms with Gasteiger partial charge in [-0.05, 0) is 32.1 Å². The van der Waals surface area contributed by atoms with E-state index in [0.29, 0.717) is 6.61 Å². The van der Waals surface area contributed by atoms with E-state index in [1.54, 1.807) is 0 Å². The Kier molecular flexibility index (Phi) is 17.4. The highest BCUT2D eigenvalue weighted by Gasteiger charge is 1.91. The summed E-state index contributed by atoms with van der Waals surface area (Å²) in [6.45, 7) is 2.63. The van der Waals surface area contributed by atoms with Crippen molar-refractivity contribution in [2.45, 2.75) is 96.8 Å². The Labute approximate surface area is 121 Å². The summed E-state index contributed by atoms with van der Waals surface area (Å²) >= 11 is 0. The fraction of sp³-hybridized carbons (Fsp3) is 0.889.